The molecule has 1 aliphatic carbocycles. The highest BCUT2D eigenvalue weighted by atomic mass is 79.9. The molecule has 33 heavy (non-hydrogen) atoms. The number of aromatic amines is 1. The number of H-pyrrole nitrogens is 1. The number of hydrogen-bond acceptors (Lipinski definition) is 5. The number of hydrogen-bond donors (Lipinski definition) is 2. The van der Waals surface area contributed by atoms with Gasteiger partial charge in [-0.15, -0.1) is 0 Å². The number of nitrogens with zero attached hydrogens (tertiary/aromatic N) is 1. The second kappa shape index (κ2) is 7.58. The third-order valence-electron chi connectivity index (χ3n) is 6.83. The van der Waals surface area contributed by atoms with E-state index in [1.807, 2.05) is 30.3 Å². The fourth-order valence-corrected chi connectivity index (χ4v) is 6.31. The van der Waals surface area contributed by atoms with Gasteiger partial charge in [0.2, 0.25) is 10.0 Å². The summed E-state index contributed by atoms with van der Waals surface area (Å²) in [6, 6.07) is 9.36. The lowest BCUT2D eigenvalue weighted by atomic mass is 9.71. The van der Waals surface area contributed by atoms with Crippen molar-refractivity contribution in [2.24, 2.45) is 0 Å². The highest BCUT2D eigenvalue weighted by molar-refractivity contribution is 9.10. The zero-order valence-corrected chi connectivity index (χ0v) is 21.1. The highest BCUT2D eigenvalue weighted by Crippen LogP contribution is 2.46. The van der Waals surface area contributed by atoms with Gasteiger partial charge in [0.25, 0.3) is 0 Å². The maximum absolute atomic E-state index is 13.6. The third-order valence-corrected chi connectivity index (χ3v) is 8.75. The number of carbonyl (C=O) groups excluding carboxylic acids is 1. The Bertz CT molecular complexity index is 1400. The number of rotatable bonds is 3. The van der Waals surface area contributed by atoms with Crippen LogP contribution in [0.1, 0.15) is 53.9 Å². The van der Waals surface area contributed by atoms with Crippen LogP contribution in [0.15, 0.2) is 34.8 Å². The number of sulfonamides is 1. The van der Waals surface area contributed by atoms with E-state index in [1.165, 1.54) is 10.6 Å². The zero-order valence-electron chi connectivity index (χ0n) is 18.7. The number of fused-ring (bicyclic) bond motifs is 4. The number of aromatic nitrogens is 1. The first-order valence-corrected chi connectivity index (χ1v) is 13.5. The van der Waals surface area contributed by atoms with Gasteiger partial charge in [0, 0.05) is 46.4 Å². The minimum atomic E-state index is -3.19. The Hall–Kier alpha value is -2.36. The van der Waals surface area contributed by atoms with Crippen molar-refractivity contribution in [3.8, 4) is 5.75 Å². The molecule has 9 heteroatoms. The fourth-order valence-electron chi connectivity index (χ4n) is 5.00. The van der Waals surface area contributed by atoms with Crippen LogP contribution in [0.25, 0.3) is 10.9 Å². The number of halogens is 1. The van der Waals surface area contributed by atoms with Gasteiger partial charge in [-0.1, -0.05) is 19.9 Å². The van der Waals surface area contributed by atoms with Crippen LogP contribution in [0.2, 0.25) is 0 Å². The largest absolute Gasteiger partial charge is 0.489 e. The lowest BCUT2D eigenvalue weighted by Gasteiger charge is -2.34. The molecule has 0 bridgehead atoms. The molecular weight excluding hydrogens is 506 g/mol. The quantitative estimate of drug-likeness (QED) is 0.493. The summed E-state index contributed by atoms with van der Waals surface area (Å²) in [7, 11) is -3.19. The Labute approximate surface area is 201 Å². The molecule has 3 aromatic rings. The number of ether oxygens (including phenoxy) is 1. The van der Waals surface area contributed by atoms with Crippen LogP contribution in [0.4, 0.5) is 5.69 Å². The number of nitrogens with two attached hydrogens (primary N) is 1. The van der Waals surface area contributed by atoms with Crippen molar-refractivity contribution in [1.29, 1.82) is 0 Å². The molecule has 2 aliphatic rings. The van der Waals surface area contributed by atoms with Gasteiger partial charge in [-0.05, 0) is 58.6 Å². The van der Waals surface area contributed by atoms with Gasteiger partial charge < -0.3 is 15.5 Å². The SMILES string of the molecule is CC1(C)c2cc(OC3CCN(S(C)(=O)=O)CC3)c(Br)cc2C(=O)c2c1[nH]c1cc(N)ccc21. The number of ketones is 1. The van der Waals surface area contributed by atoms with Crippen molar-refractivity contribution in [2.45, 2.75) is 38.2 Å². The number of carbonyl (C=O) groups is 1. The van der Waals surface area contributed by atoms with E-state index in [1.54, 1.807) is 0 Å². The summed E-state index contributed by atoms with van der Waals surface area (Å²) >= 11 is 3.59. The predicted octanol–water partition coefficient (Wildman–Crippen LogP) is 4.19. The van der Waals surface area contributed by atoms with Crippen LogP contribution in [0, 0.1) is 0 Å². The van der Waals surface area contributed by atoms with Crippen molar-refractivity contribution in [2.75, 3.05) is 25.1 Å². The van der Waals surface area contributed by atoms with E-state index in [-0.39, 0.29) is 11.9 Å². The fraction of sp³-hybridized carbons (Fsp3) is 0.375. The summed E-state index contributed by atoms with van der Waals surface area (Å²) in [5.41, 5.74) is 10.1. The van der Waals surface area contributed by atoms with Crippen molar-refractivity contribution in [1.82, 2.24) is 9.29 Å². The average molecular weight is 532 g/mol. The van der Waals surface area contributed by atoms with Crippen LogP contribution in [0.3, 0.4) is 0 Å². The van der Waals surface area contributed by atoms with E-state index in [0.29, 0.717) is 53.0 Å². The topological polar surface area (TPSA) is 105 Å². The van der Waals surface area contributed by atoms with Gasteiger partial charge in [0.05, 0.1) is 16.3 Å². The molecule has 5 rings (SSSR count). The monoisotopic (exact) mass is 531 g/mol. The first-order chi connectivity index (χ1) is 15.5. The van der Waals surface area contributed by atoms with E-state index in [2.05, 4.69) is 34.8 Å². The standard InChI is InChI=1S/C24H26BrN3O4S/c1-24(2)17-12-20(32-14-6-8-28(9-7-14)33(3,30)31)18(25)11-16(17)22(29)21-15-5-4-13(26)10-19(15)27-23(21)24/h4-5,10-12,14,27H,6-9,26H2,1-3H3. The minimum Gasteiger partial charge on any atom is -0.489 e. The Balaban J connectivity index is 1.51. The molecule has 0 spiro atoms. The first kappa shape index (κ1) is 22.4. The van der Waals surface area contributed by atoms with Crippen molar-refractivity contribution < 1.29 is 17.9 Å². The molecule has 2 heterocycles. The highest BCUT2D eigenvalue weighted by Gasteiger charge is 2.40. The molecule has 3 N–H and O–H groups in total. The van der Waals surface area contributed by atoms with Crippen LogP contribution in [-0.2, 0) is 15.4 Å². The molecule has 1 saturated heterocycles. The molecule has 0 unspecified atom stereocenters. The second-order valence-electron chi connectivity index (χ2n) is 9.44. The summed E-state index contributed by atoms with van der Waals surface area (Å²) in [6.45, 7) is 5.07. The number of nitrogen functional groups attached to an aromatic ring is 1. The molecule has 1 fully saturated rings. The predicted molar refractivity (Wildman–Crippen MR) is 132 cm³/mol. The Kier molecular flexibility index (Phi) is 5.15. The van der Waals surface area contributed by atoms with Crippen LogP contribution < -0.4 is 10.5 Å². The van der Waals surface area contributed by atoms with Gasteiger partial charge in [0.15, 0.2) is 5.78 Å². The van der Waals surface area contributed by atoms with Crippen molar-refractivity contribution in [3.05, 3.63) is 57.2 Å². The summed E-state index contributed by atoms with van der Waals surface area (Å²) in [5.74, 6) is 0.639. The van der Waals surface area contributed by atoms with E-state index >= 15 is 0 Å². The van der Waals surface area contributed by atoms with Crippen LogP contribution in [0.5, 0.6) is 5.75 Å². The normalized spacial score (nSPS) is 18.8. The molecule has 0 atom stereocenters. The first-order valence-electron chi connectivity index (χ1n) is 10.9. The van der Waals surface area contributed by atoms with Crippen molar-refractivity contribution in [3.63, 3.8) is 0 Å². The molecule has 1 aromatic heterocycles. The lowest BCUT2D eigenvalue weighted by Crippen LogP contribution is -2.41. The average Bonchev–Trinajstić information content (AvgIpc) is 3.13. The minimum absolute atomic E-state index is 0.0240. The lowest BCUT2D eigenvalue weighted by molar-refractivity contribution is 0.103. The summed E-state index contributed by atoms with van der Waals surface area (Å²) in [5, 5.41) is 0.872. The number of nitrogens with one attached hydrogen (secondary N) is 1. The molecule has 0 amide bonds. The summed E-state index contributed by atoms with van der Waals surface area (Å²) in [6.07, 6.45) is 2.38. The molecule has 1 aliphatic heterocycles. The van der Waals surface area contributed by atoms with Gasteiger partial charge in [0.1, 0.15) is 11.9 Å². The molecule has 174 valence electrons. The zero-order chi connectivity index (χ0) is 23.7. The number of benzene rings is 2. The number of piperidine rings is 1. The Morgan fingerprint density at radius 2 is 1.88 bits per heavy atom. The van der Waals surface area contributed by atoms with E-state index in [9.17, 15) is 13.2 Å². The third kappa shape index (κ3) is 3.66. The smallest absolute Gasteiger partial charge is 0.211 e. The molecule has 0 saturated carbocycles. The number of anilines is 1. The van der Waals surface area contributed by atoms with Crippen LogP contribution in [-0.4, -0.2) is 48.9 Å². The molecule has 7 nitrogen and oxygen atoms in total. The Morgan fingerprint density at radius 3 is 2.55 bits per heavy atom. The Morgan fingerprint density at radius 1 is 1.18 bits per heavy atom. The summed E-state index contributed by atoms with van der Waals surface area (Å²) < 4.78 is 32.1. The van der Waals surface area contributed by atoms with Gasteiger partial charge in [-0.25, -0.2) is 12.7 Å². The molecule has 2 aromatic carbocycles. The van der Waals surface area contributed by atoms with Gasteiger partial charge in [-0.2, -0.15) is 0 Å². The summed E-state index contributed by atoms with van der Waals surface area (Å²) in [4.78, 5) is 17.0. The van der Waals surface area contributed by atoms with E-state index in [0.717, 1.165) is 22.2 Å². The maximum atomic E-state index is 13.6. The maximum Gasteiger partial charge on any atom is 0.211 e. The van der Waals surface area contributed by atoms with Gasteiger partial charge >= 0.3 is 0 Å². The molecular formula is C24H26BrN3O4S. The van der Waals surface area contributed by atoms with E-state index in [4.69, 9.17) is 10.5 Å². The van der Waals surface area contributed by atoms with E-state index < -0.39 is 15.4 Å². The van der Waals surface area contributed by atoms with Gasteiger partial charge in [-0.3, -0.25) is 4.79 Å². The molecule has 0 radical (unpaired) electrons. The van der Waals surface area contributed by atoms with Crippen LogP contribution >= 0.6 is 15.9 Å². The van der Waals surface area contributed by atoms with Crippen molar-refractivity contribution >= 4 is 48.3 Å². The second-order valence-corrected chi connectivity index (χ2v) is 12.3.